The minimum Gasteiger partial charge on any atom is -0.494 e. The monoisotopic (exact) mass is 293 g/mol. The summed E-state index contributed by atoms with van der Waals surface area (Å²) < 4.78 is 5.20. The molecule has 3 amide bonds. The van der Waals surface area contributed by atoms with Gasteiger partial charge in [0.25, 0.3) is 0 Å². The van der Waals surface area contributed by atoms with Crippen molar-refractivity contribution in [1.29, 1.82) is 0 Å². The van der Waals surface area contributed by atoms with Gasteiger partial charge in [0.1, 0.15) is 5.75 Å². The summed E-state index contributed by atoms with van der Waals surface area (Å²) in [6.07, 6.45) is 0. The molecule has 0 aliphatic rings. The van der Waals surface area contributed by atoms with E-state index in [0.717, 1.165) is 0 Å². The second-order valence-corrected chi connectivity index (χ2v) is 5.23. The maximum atomic E-state index is 11.9. The Hall–Kier alpha value is -2.24. The van der Waals surface area contributed by atoms with E-state index in [9.17, 15) is 9.59 Å². The van der Waals surface area contributed by atoms with Crippen LogP contribution in [0.1, 0.15) is 27.7 Å². The van der Waals surface area contributed by atoms with Crippen LogP contribution in [0.3, 0.4) is 0 Å². The molecule has 0 bridgehead atoms. The minimum absolute atomic E-state index is 0.0746. The lowest BCUT2D eigenvalue weighted by Crippen LogP contribution is -2.38. The van der Waals surface area contributed by atoms with Crippen molar-refractivity contribution < 1.29 is 14.3 Å². The molecule has 1 rings (SSSR count). The van der Waals surface area contributed by atoms with Gasteiger partial charge in [0.2, 0.25) is 5.91 Å². The fourth-order valence-electron chi connectivity index (χ4n) is 1.60. The third-order valence-electron chi connectivity index (χ3n) is 3.13. The number of ether oxygens (including phenoxy) is 1. The fourth-order valence-corrected chi connectivity index (χ4v) is 1.60. The number of carbonyl (C=O) groups is 2. The van der Waals surface area contributed by atoms with Gasteiger partial charge in [-0.1, -0.05) is 13.8 Å². The number of hydrogen-bond donors (Lipinski definition) is 3. The number of hydrogen-bond acceptors (Lipinski definition) is 3. The average Bonchev–Trinajstić information content (AvgIpc) is 2.39. The van der Waals surface area contributed by atoms with Gasteiger partial charge in [0.15, 0.2) is 0 Å². The molecule has 0 radical (unpaired) electrons. The normalized spacial score (nSPS) is 11.7. The van der Waals surface area contributed by atoms with Crippen LogP contribution in [0, 0.1) is 5.92 Å². The van der Waals surface area contributed by atoms with Gasteiger partial charge in [-0.05, 0) is 25.0 Å². The third-order valence-corrected chi connectivity index (χ3v) is 3.13. The standard InChI is InChI=1S/C15H23N3O3/c1-9(2)10(3)16-15(20)18-12-6-7-13(17-11(4)19)14(8-12)21-5/h6-10H,1-5H3,(H,17,19)(H2,16,18,20). The smallest absolute Gasteiger partial charge is 0.319 e. The van der Waals surface area contributed by atoms with Crippen molar-refractivity contribution in [2.24, 2.45) is 5.92 Å². The van der Waals surface area contributed by atoms with E-state index in [-0.39, 0.29) is 18.0 Å². The van der Waals surface area contributed by atoms with E-state index in [1.807, 2.05) is 20.8 Å². The van der Waals surface area contributed by atoms with Crippen LogP contribution < -0.4 is 20.7 Å². The van der Waals surface area contributed by atoms with Crippen molar-refractivity contribution in [2.75, 3.05) is 17.7 Å². The van der Waals surface area contributed by atoms with E-state index in [4.69, 9.17) is 4.74 Å². The second-order valence-electron chi connectivity index (χ2n) is 5.23. The van der Waals surface area contributed by atoms with Gasteiger partial charge in [0, 0.05) is 24.7 Å². The van der Waals surface area contributed by atoms with Gasteiger partial charge >= 0.3 is 6.03 Å². The molecule has 0 heterocycles. The number of carbonyl (C=O) groups excluding carboxylic acids is 2. The summed E-state index contributed by atoms with van der Waals surface area (Å²) in [6.45, 7) is 7.45. The molecule has 1 aromatic carbocycles. The predicted molar refractivity (Wildman–Crippen MR) is 83.8 cm³/mol. The van der Waals surface area contributed by atoms with Crippen molar-refractivity contribution in [1.82, 2.24) is 5.32 Å². The summed E-state index contributed by atoms with van der Waals surface area (Å²) >= 11 is 0. The molecule has 0 saturated heterocycles. The summed E-state index contributed by atoms with van der Waals surface area (Å²) in [5, 5.41) is 8.25. The number of urea groups is 1. The highest BCUT2D eigenvalue weighted by molar-refractivity contribution is 5.93. The lowest BCUT2D eigenvalue weighted by atomic mass is 10.1. The topological polar surface area (TPSA) is 79.5 Å². The molecule has 116 valence electrons. The molecule has 0 aromatic heterocycles. The Morgan fingerprint density at radius 1 is 1.14 bits per heavy atom. The van der Waals surface area contributed by atoms with Gasteiger partial charge in [-0.25, -0.2) is 4.79 Å². The Labute approximate surface area is 125 Å². The Morgan fingerprint density at radius 3 is 2.33 bits per heavy atom. The predicted octanol–water partition coefficient (Wildman–Crippen LogP) is 2.82. The average molecular weight is 293 g/mol. The first-order valence-electron chi connectivity index (χ1n) is 6.86. The summed E-state index contributed by atoms with van der Waals surface area (Å²) in [5.74, 6) is 0.657. The van der Waals surface area contributed by atoms with E-state index in [2.05, 4.69) is 16.0 Å². The molecule has 0 saturated carbocycles. The molecule has 1 unspecified atom stereocenters. The van der Waals surface area contributed by atoms with Crippen molar-refractivity contribution in [3.8, 4) is 5.75 Å². The maximum Gasteiger partial charge on any atom is 0.319 e. The van der Waals surface area contributed by atoms with E-state index in [1.165, 1.54) is 14.0 Å². The van der Waals surface area contributed by atoms with Crippen LogP contribution in [0.5, 0.6) is 5.75 Å². The molecule has 6 heteroatoms. The van der Waals surface area contributed by atoms with Crippen LogP contribution in [0.15, 0.2) is 18.2 Å². The molecule has 0 fully saturated rings. The third kappa shape index (κ3) is 5.33. The van der Waals surface area contributed by atoms with Crippen LogP contribution in [-0.2, 0) is 4.79 Å². The lowest BCUT2D eigenvalue weighted by Gasteiger charge is -2.18. The number of rotatable bonds is 5. The molecule has 1 atom stereocenters. The van der Waals surface area contributed by atoms with Crippen molar-refractivity contribution >= 4 is 23.3 Å². The lowest BCUT2D eigenvalue weighted by molar-refractivity contribution is -0.114. The number of nitrogens with one attached hydrogen (secondary N) is 3. The molecule has 0 aliphatic heterocycles. The SMILES string of the molecule is COc1cc(NC(=O)NC(C)C(C)C)ccc1NC(C)=O. The Balaban J connectivity index is 2.76. The van der Waals surface area contributed by atoms with Gasteiger partial charge < -0.3 is 20.7 Å². The van der Waals surface area contributed by atoms with Crippen LogP contribution in [0.2, 0.25) is 0 Å². The molecular weight excluding hydrogens is 270 g/mol. The number of benzene rings is 1. The van der Waals surface area contributed by atoms with Gasteiger partial charge in [0.05, 0.1) is 12.8 Å². The zero-order chi connectivity index (χ0) is 16.0. The summed E-state index contributed by atoms with van der Waals surface area (Å²) in [4.78, 5) is 22.9. The first kappa shape index (κ1) is 16.8. The van der Waals surface area contributed by atoms with Crippen LogP contribution in [0.25, 0.3) is 0 Å². The highest BCUT2D eigenvalue weighted by Gasteiger charge is 2.12. The Morgan fingerprint density at radius 2 is 1.81 bits per heavy atom. The number of methoxy groups -OCH3 is 1. The summed E-state index contributed by atoms with van der Waals surface area (Å²) in [7, 11) is 1.51. The van der Waals surface area contributed by atoms with Gasteiger partial charge in [-0.15, -0.1) is 0 Å². The Bertz CT molecular complexity index is 515. The van der Waals surface area contributed by atoms with Gasteiger partial charge in [-0.2, -0.15) is 0 Å². The van der Waals surface area contributed by atoms with Crippen molar-refractivity contribution in [2.45, 2.75) is 33.7 Å². The Kier molecular flexibility index (Phi) is 6.02. The summed E-state index contributed by atoms with van der Waals surface area (Å²) in [6, 6.07) is 4.84. The van der Waals surface area contributed by atoms with E-state index in [0.29, 0.717) is 23.0 Å². The number of anilines is 2. The number of amides is 3. The molecule has 21 heavy (non-hydrogen) atoms. The minimum atomic E-state index is -0.273. The van der Waals surface area contributed by atoms with Crippen molar-refractivity contribution in [3.05, 3.63) is 18.2 Å². The molecule has 0 spiro atoms. The quantitative estimate of drug-likeness (QED) is 0.781. The highest BCUT2D eigenvalue weighted by atomic mass is 16.5. The zero-order valence-electron chi connectivity index (χ0n) is 13.1. The zero-order valence-corrected chi connectivity index (χ0v) is 13.1. The van der Waals surface area contributed by atoms with Crippen LogP contribution in [0.4, 0.5) is 16.2 Å². The molecule has 6 nitrogen and oxygen atoms in total. The molecular formula is C15H23N3O3. The van der Waals surface area contributed by atoms with Crippen LogP contribution >= 0.6 is 0 Å². The van der Waals surface area contributed by atoms with E-state index in [1.54, 1.807) is 18.2 Å². The second kappa shape index (κ2) is 7.52. The van der Waals surface area contributed by atoms with Gasteiger partial charge in [-0.3, -0.25) is 4.79 Å². The molecule has 0 aliphatic carbocycles. The highest BCUT2D eigenvalue weighted by Crippen LogP contribution is 2.27. The first-order chi connectivity index (χ1) is 9.83. The molecule has 3 N–H and O–H groups in total. The largest absolute Gasteiger partial charge is 0.494 e. The van der Waals surface area contributed by atoms with E-state index < -0.39 is 0 Å². The van der Waals surface area contributed by atoms with Crippen LogP contribution in [-0.4, -0.2) is 25.1 Å². The maximum absolute atomic E-state index is 11.9. The van der Waals surface area contributed by atoms with Crippen molar-refractivity contribution in [3.63, 3.8) is 0 Å². The van der Waals surface area contributed by atoms with E-state index >= 15 is 0 Å². The molecule has 1 aromatic rings. The summed E-state index contributed by atoms with van der Waals surface area (Å²) in [5.41, 5.74) is 1.15. The fraction of sp³-hybridized carbons (Fsp3) is 0.467. The first-order valence-corrected chi connectivity index (χ1v) is 6.86.